The first-order chi connectivity index (χ1) is 15.3. The summed E-state index contributed by atoms with van der Waals surface area (Å²) in [7, 11) is 0. The van der Waals surface area contributed by atoms with Gasteiger partial charge in [0.1, 0.15) is 5.70 Å². The zero-order valence-electron chi connectivity index (χ0n) is 18.4. The van der Waals surface area contributed by atoms with Crippen molar-refractivity contribution in [1.82, 2.24) is 10.2 Å². The van der Waals surface area contributed by atoms with Gasteiger partial charge in [-0.15, -0.1) is 11.8 Å². The normalized spacial score (nSPS) is 31.2. The van der Waals surface area contributed by atoms with Crippen LogP contribution < -0.4 is 5.32 Å². The number of carbonyl (C=O) groups is 4. The van der Waals surface area contributed by atoms with Crippen LogP contribution in [0.4, 0.5) is 0 Å². The van der Waals surface area contributed by atoms with E-state index >= 15 is 0 Å². The highest BCUT2D eigenvalue weighted by Gasteiger charge is 2.60. The Morgan fingerprint density at radius 3 is 2.56 bits per heavy atom. The molecule has 3 aliphatic heterocycles. The van der Waals surface area contributed by atoms with Crippen LogP contribution in [-0.2, 0) is 28.7 Å². The van der Waals surface area contributed by atoms with Crippen molar-refractivity contribution in [1.29, 1.82) is 0 Å². The smallest absolute Gasteiger partial charge is 0.358 e. The van der Waals surface area contributed by atoms with Crippen LogP contribution >= 0.6 is 11.8 Å². The predicted octanol–water partition coefficient (Wildman–Crippen LogP) is 1.30. The van der Waals surface area contributed by atoms with Gasteiger partial charge in [-0.25, -0.2) is 4.79 Å². The van der Waals surface area contributed by atoms with Crippen molar-refractivity contribution < 1.29 is 33.8 Å². The minimum atomic E-state index is -0.834. The average molecular weight is 467 g/mol. The van der Waals surface area contributed by atoms with Crippen LogP contribution in [0.25, 0.3) is 0 Å². The molecule has 0 aromatic carbocycles. The maximum Gasteiger partial charge on any atom is 0.358 e. The molecule has 0 aromatic rings. The second kappa shape index (κ2) is 9.43. The number of hydrogen-bond acceptors (Lipinski definition) is 8. The first-order valence-electron chi connectivity index (χ1n) is 11.3. The highest BCUT2D eigenvalue weighted by molar-refractivity contribution is 8.03. The van der Waals surface area contributed by atoms with Crippen LogP contribution in [0.3, 0.4) is 0 Å². The van der Waals surface area contributed by atoms with E-state index in [2.05, 4.69) is 5.32 Å². The Hall–Kier alpha value is -2.07. The van der Waals surface area contributed by atoms with Gasteiger partial charge in [-0.3, -0.25) is 14.4 Å². The summed E-state index contributed by atoms with van der Waals surface area (Å²) in [6, 6.07) is -0.331. The molecule has 2 N–H and O–H groups in total. The molecule has 176 valence electrons. The molecular weight excluding hydrogens is 436 g/mol. The number of esters is 2. The van der Waals surface area contributed by atoms with Gasteiger partial charge in [-0.05, 0) is 19.8 Å². The van der Waals surface area contributed by atoms with E-state index in [1.165, 1.54) is 16.7 Å². The van der Waals surface area contributed by atoms with E-state index in [4.69, 9.17) is 9.47 Å². The SMILES string of the molecule is C[C@@H](O)[C@H]1C(=O)N2C(C(=O)OCOC(=O)C3CCCCC3)=C(SC3CNC(=O)C3)[C@H](C)[C@H]12. The van der Waals surface area contributed by atoms with Crippen molar-refractivity contribution in [3.05, 3.63) is 10.6 Å². The molecular formula is C22H30N2O7S. The summed E-state index contributed by atoms with van der Waals surface area (Å²) in [5.41, 5.74) is 0.141. The van der Waals surface area contributed by atoms with Crippen molar-refractivity contribution in [2.45, 2.75) is 69.8 Å². The molecule has 2 amide bonds. The van der Waals surface area contributed by atoms with Crippen molar-refractivity contribution >= 4 is 35.5 Å². The van der Waals surface area contributed by atoms with Gasteiger partial charge in [0.15, 0.2) is 0 Å². The molecule has 0 radical (unpaired) electrons. The number of aliphatic hydroxyl groups excluding tert-OH is 1. The number of nitrogens with one attached hydrogen (secondary N) is 1. The Morgan fingerprint density at radius 1 is 1.22 bits per heavy atom. The molecule has 0 spiro atoms. The Morgan fingerprint density at radius 2 is 1.94 bits per heavy atom. The van der Waals surface area contributed by atoms with Crippen LogP contribution in [0.15, 0.2) is 10.6 Å². The largest absolute Gasteiger partial charge is 0.428 e. The summed E-state index contributed by atoms with van der Waals surface area (Å²) >= 11 is 1.40. The number of β-lactam (4-membered cyclic amide) rings is 1. The molecule has 1 aliphatic carbocycles. The summed E-state index contributed by atoms with van der Waals surface area (Å²) in [6.07, 6.45) is 4.18. The number of hydrogen-bond donors (Lipinski definition) is 2. The van der Waals surface area contributed by atoms with Gasteiger partial charge in [0.2, 0.25) is 18.6 Å². The lowest BCUT2D eigenvalue weighted by molar-refractivity contribution is -0.174. The third-order valence-electron chi connectivity index (χ3n) is 6.87. The molecule has 1 saturated carbocycles. The Labute approximate surface area is 191 Å². The molecule has 1 unspecified atom stereocenters. The number of aliphatic hydroxyl groups is 1. The molecule has 10 heteroatoms. The number of nitrogens with zero attached hydrogens (tertiary/aromatic N) is 1. The van der Waals surface area contributed by atoms with Crippen molar-refractivity contribution in [3.63, 3.8) is 0 Å². The quantitative estimate of drug-likeness (QED) is 0.327. The van der Waals surface area contributed by atoms with E-state index in [0.717, 1.165) is 32.1 Å². The maximum atomic E-state index is 13.0. The molecule has 0 aromatic heterocycles. The molecule has 3 heterocycles. The first-order valence-corrected chi connectivity index (χ1v) is 12.2. The minimum Gasteiger partial charge on any atom is -0.428 e. The fraction of sp³-hybridized carbons (Fsp3) is 0.727. The molecule has 0 bridgehead atoms. The van der Waals surface area contributed by atoms with Gasteiger partial charge in [-0.1, -0.05) is 26.2 Å². The van der Waals surface area contributed by atoms with E-state index in [9.17, 15) is 24.3 Å². The van der Waals surface area contributed by atoms with Gasteiger partial charge < -0.3 is 24.8 Å². The Balaban J connectivity index is 1.45. The zero-order valence-corrected chi connectivity index (χ0v) is 19.2. The number of fused-ring (bicyclic) bond motifs is 1. The van der Waals surface area contributed by atoms with Gasteiger partial charge in [0.25, 0.3) is 0 Å². The second-order valence-corrected chi connectivity index (χ2v) is 10.4. The fourth-order valence-electron chi connectivity index (χ4n) is 5.18. The van der Waals surface area contributed by atoms with E-state index in [-0.39, 0.29) is 46.6 Å². The number of ether oxygens (including phenoxy) is 2. The van der Waals surface area contributed by atoms with Crippen LogP contribution in [0.1, 0.15) is 52.4 Å². The lowest BCUT2D eigenvalue weighted by Crippen LogP contribution is -2.63. The van der Waals surface area contributed by atoms with E-state index in [1.54, 1.807) is 6.92 Å². The average Bonchev–Trinajstić information content (AvgIpc) is 3.27. The summed E-state index contributed by atoms with van der Waals surface area (Å²) in [6.45, 7) is 3.47. The molecule has 2 saturated heterocycles. The Bertz CT molecular complexity index is 836. The molecule has 3 fully saturated rings. The van der Waals surface area contributed by atoms with E-state index in [1.807, 2.05) is 6.92 Å². The topological polar surface area (TPSA) is 122 Å². The summed E-state index contributed by atoms with van der Waals surface area (Å²) in [4.78, 5) is 51.6. The molecule has 9 nitrogen and oxygen atoms in total. The Kier molecular flexibility index (Phi) is 6.80. The standard InChI is InChI=1S/C22H30N2O7S/c1-11-17-16(12(2)25)20(27)24(17)18(19(11)32-14-8-15(26)23-9-14)22(29)31-10-30-21(28)13-6-4-3-5-7-13/h11-14,16-17,25H,3-10H2,1-2H3,(H,23,26)/t11-,12-,14?,16-,17-/m1/s1. The van der Waals surface area contributed by atoms with Gasteiger partial charge in [0, 0.05) is 29.0 Å². The van der Waals surface area contributed by atoms with Gasteiger partial charge in [-0.2, -0.15) is 0 Å². The second-order valence-electron chi connectivity index (χ2n) is 9.06. The maximum absolute atomic E-state index is 13.0. The van der Waals surface area contributed by atoms with Crippen molar-refractivity contribution in [2.24, 2.45) is 17.8 Å². The number of carbonyl (C=O) groups excluding carboxylic acids is 4. The highest BCUT2D eigenvalue weighted by atomic mass is 32.2. The van der Waals surface area contributed by atoms with E-state index < -0.39 is 24.8 Å². The number of amides is 2. The summed E-state index contributed by atoms with van der Waals surface area (Å²) < 4.78 is 10.4. The van der Waals surface area contributed by atoms with Crippen LogP contribution in [0, 0.1) is 17.8 Å². The minimum absolute atomic E-state index is 0.0475. The number of thioether (sulfide) groups is 1. The third-order valence-corrected chi connectivity index (χ3v) is 8.35. The van der Waals surface area contributed by atoms with Crippen molar-refractivity contribution in [3.8, 4) is 0 Å². The van der Waals surface area contributed by atoms with E-state index in [0.29, 0.717) is 17.9 Å². The molecule has 5 atom stereocenters. The first kappa shape index (κ1) is 23.1. The summed E-state index contributed by atoms with van der Waals surface area (Å²) in [5, 5.41) is 12.8. The monoisotopic (exact) mass is 466 g/mol. The lowest BCUT2D eigenvalue weighted by atomic mass is 9.79. The van der Waals surface area contributed by atoms with Crippen LogP contribution in [0.2, 0.25) is 0 Å². The van der Waals surface area contributed by atoms with Gasteiger partial charge >= 0.3 is 11.9 Å². The lowest BCUT2D eigenvalue weighted by Gasteiger charge is -2.46. The predicted molar refractivity (Wildman–Crippen MR) is 115 cm³/mol. The van der Waals surface area contributed by atoms with Crippen molar-refractivity contribution in [2.75, 3.05) is 13.3 Å². The highest BCUT2D eigenvalue weighted by Crippen LogP contribution is 2.51. The number of rotatable bonds is 7. The molecule has 4 aliphatic rings. The van der Waals surface area contributed by atoms with Crippen LogP contribution in [-0.4, -0.2) is 64.5 Å². The third kappa shape index (κ3) is 4.26. The fourth-order valence-corrected chi connectivity index (χ4v) is 6.58. The van der Waals surface area contributed by atoms with Crippen LogP contribution in [0.5, 0.6) is 0 Å². The molecule has 4 rings (SSSR count). The zero-order chi connectivity index (χ0) is 23.0. The van der Waals surface area contributed by atoms with Gasteiger partial charge in [0.05, 0.1) is 24.0 Å². The summed E-state index contributed by atoms with van der Waals surface area (Å²) in [5.74, 6) is -2.37. The molecule has 32 heavy (non-hydrogen) atoms.